The summed E-state index contributed by atoms with van der Waals surface area (Å²) in [4.78, 5) is -0.441. The molecule has 0 saturated carbocycles. The van der Waals surface area contributed by atoms with Crippen molar-refractivity contribution in [2.75, 3.05) is 4.72 Å². The third-order valence-electron chi connectivity index (χ3n) is 3.09. The summed E-state index contributed by atoms with van der Waals surface area (Å²) in [6.45, 7) is 3.38. The number of halogens is 5. The second-order valence-electron chi connectivity index (χ2n) is 4.46. The summed E-state index contributed by atoms with van der Waals surface area (Å²) in [6.07, 6.45) is 0.910. The van der Waals surface area contributed by atoms with Gasteiger partial charge in [-0.25, -0.2) is 30.4 Å². The van der Waals surface area contributed by atoms with E-state index in [-0.39, 0.29) is 5.69 Å². The van der Waals surface area contributed by atoms with E-state index in [4.69, 9.17) is 0 Å². The summed E-state index contributed by atoms with van der Waals surface area (Å²) in [5.74, 6) is -11.4. The second kappa shape index (κ2) is 5.80. The van der Waals surface area contributed by atoms with E-state index in [1.807, 2.05) is 0 Å². The van der Waals surface area contributed by atoms with Gasteiger partial charge < -0.3 is 0 Å². The molecule has 0 atom stereocenters. The molecule has 1 heterocycles. The SMILES string of the molecule is CCn1ncc(S(=O)(=O)Nc2c(F)c(F)c(F)c(F)c2F)c1C. The Morgan fingerprint density at radius 3 is 1.96 bits per heavy atom. The standard InChI is InChI=1S/C12H10F5N3O2S/c1-3-20-5(2)6(4-18-20)23(21,22)19-12-10(16)8(14)7(13)9(15)11(12)17/h4,19H,3H2,1-2H3. The van der Waals surface area contributed by atoms with Gasteiger partial charge in [0, 0.05) is 6.54 Å². The van der Waals surface area contributed by atoms with Crippen LogP contribution in [0.15, 0.2) is 11.1 Å². The molecule has 0 aliphatic heterocycles. The van der Waals surface area contributed by atoms with Gasteiger partial charge in [0.05, 0.1) is 11.9 Å². The van der Waals surface area contributed by atoms with E-state index in [1.54, 1.807) is 6.92 Å². The fraction of sp³-hybridized carbons (Fsp3) is 0.250. The Morgan fingerprint density at radius 2 is 1.52 bits per heavy atom. The van der Waals surface area contributed by atoms with E-state index < -0.39 is 49.7 Å². The molecule has 2 rings (SSSR count). The van der Waals surface area contributed by atoms with E-state index in [9.17, 15) is 30.4 Å². The highest BCUT2D eigenvalue weighted by molar-refractivity contribution is 7.92. The molecule has 0 spiro atoms. The van der Waals surface area contributed by atoms with E-state index >= 15 is 0 Å². The van der Waals surface area contributed by atoms with E-state index in [2.05, 4.69) is 5.10 Å². The van der Waals surface area contributed by atoms with Crippen LogP contribution in [0.5, 0.6) is 0 Å². The van der Waals surface area contributed by atoms with Crippen LogP contribution in [0.4, 0.5) is 27.6 Å². The summed E-state index contributed by atoms with van der Waals surface area (Å²) in [7, 11) is -4.59. The van der Waals surface area contributed by atoms with Crippen molar-refractivity contribution in [1.82, 2.24) is 9.78 Å². The largest absolute Gasteiger partial charge is 0.274 e. The second-order valence-corrected chi connectivity index (χ2v) is 6.11. The molecule has 1 aromatic carbocycles. The van der Waals surface area contributed by atoms with Crippen LogP contribution in [0.2, 0.25) is 0 Å². The van der Waals surface area contributed by atoms with E-state index in [1.165, 1.54) is 16.3 Å². The lowest BCUT2D eigenvalue weighted by Gasteiger charge is -2.11. The number of aryl methyl sites for hydroxylation is 1. The summed E-state index contributed by atoms with van der Waals surface area (Å²) in [6, 6.07) is 0. The van der Waals surface area contributed by atoms with Crippen molar-refractivity contribution >= 4 is 15.7 Å². The molecule has 1 N–H and O–H groups in total. The van der Waals surface area contributed by atoms with Gasteiger partial charge in [-0.3, -0.25) is 9.40 Å². The number of nitrogens with one attached hydrogen (secondary N) is 1. The van der Waals surface area contributed by atoms with Gasteiger partial charge in [-0.2, -0.15) is 5.10 Å². The molecule has 2 aromatic rings. The minimum Gasteiger partial charge on any atom is -0.274 e. The number of hydrogen-bond acceptors (Lipinski definition) is 3. The molecular formula is C12H10F5N3O2S. The van der Waals surface area contributed by atoms with Gasteiger partial charge in [-0.15, -0.1) is 0 Å². The van der Waals surface area contributed by atoms with Crippen LogP contribution in [-0.4, -0.2) is 18.2 Å². The number of aromatic nitrogens is 2. The Morgan fingerprint density at radius 1 is 1.04 bits per heavy atom. The average Bonchev–Trinajstić information content (AvgIpc) is 2.89. The van der Waals surface area contributed by atoms with Gasteiger partial charge in [0.2, 0.25) is 5.82 Å². The first-order valence-corrected chi connectivity index (χ1v) is 7.66. The summed E-state index contributed by atoms with van der Waals surface area (Å²) < 4.78 is 93.2. The monoisotopic (exact) mass is 355 g/mol. The Hall–Kier alpha value is -2.17. The van der Waals surface area contributed by atoms with Crippen LogP contribution in [-0.2, 0) is 16.6 Å². The highest BCUT2D eigenvalue weighted by Crippen LogP contribution is 2.29. The quantitative estimate of drug-likeness (QED) is 0.521. The van der Waals surface area contributed by atoms with Crippen molar-refractivity contribution in [3.05, 3.63) is 41.0 Å². The molecule has 0 unspecified atom stereocenters. The lowest BCUT2D eigenvalue weighted by Crippen LogP contribution is -2.18. The molecule has 5 nitrogen and oxygen atoms in total. The molecule has 0 aliphatic rings. The number of anilines is 1. The van der Waals surface area contributed by atoms with Crippen LogP contribution in [0.3, 0.4) is 0 Å². The summed E-state index contributed by atoms with van der Waals surface area (Å²) >= 11 is 0. The Kier molecular flexibility index (Phi) is 4.33. The van der Waals surface area contributed by atoms with Crippen LogP contribution in [0.1, 0.15) is 12.6 Å². The topological polar surface area (TPSA) is 64.0 Å². The van der Waals surface area contributed by atoms with Gasteiger partial charge in [0.15, 0.2) is 23.3 Å². The molecule has 0 radical (unpaired) electrons. The first-order chi connectivity index (χ1) is 10.6. The number of hydrogen-bond donors (Lipinski definition) is 1. The molecule has 0 bridgehead atoms. The molecule has 0 fully saturated rings. The number of rotatable bonds is 4. The lowest BCUT2D eigenvalue weighted by atomic mass is 10.2. The highest BCUT2D eigenvalue weighted by Gasteiger charge is 2.30. The molecule has 0 saturated heterocycles. The molecule has 126 valence electrons. The predicted octanol–water partition coefficient (Wildman–Crippen LogP) is 2.71. The molecular weight excluding hydrogens is 345 g/mol. The molecule has 1 aromatic heterocycles. The zero-order valence-electron chi connectivity index (χ0n) is 11.8. The lowest BCUT2D eigenvalue weighted by molar-refractivity contribution is 0.382. The smallest absolute Gasteiger partial charge is 0.265 e. The minimum atomic E-state index is -4.59. The number of nitrogens with zero attached hydrogens (tertiary/aromatic N) is 2. The van der Waals surface area contributed by atoms with Crippen molar-refractivity contribution in [2.45, 2.75) is 25.3 Å². The van der Waals surface area contributed by atoms with Crippen LogP contribution < -0.4 is 4.72 Å². The number of benzene rings is 1. The van der Waals surface area contributed by atoms with Crippen molar-refractivity contribution in [3.63, 3.8) is 0 Å². The zero-order chi connectivity index (χ0) is 17.5. The van der Waals surface area contributed by atoms with Gasteiger partial charge in [-0.05, 0) is 13.8 Å². The summed E-state index contributed by atoms with van der Waals surface area (Å²) in [5, 5.41) is 3.74. The molecule has 0 amide bonds. The third-order valence-corrected chi connectivity index (χ3v) is 4.55. The van der Waals surface area contributed by atoms with Crippen molar-refractivity contribution in [2.24, 2.45) is 0 Å². The van der Waals surface area contributed by atoms with Crippen LogP contribution >= 0.6 is 0 Å². The van der Waals surface area contributed by atoms with Gasteiger partial charge in [0.25, 0.3) is 10.0 Å². The molecule has 0 aliphatic carbocycles. The Balaban J connectivity index is 2.56. The fourth-order valence-electron chi connectivity index (χ4n) is 1.90. The van der Waals surface area contributed by atoms with Gasteiger partial charge in [0.1, 0.15) is 10.6 Å². The Bertz CT molecular complexity index is 850. The Labute approximate surface area is 127 Å². The highest BCUT2D eigenvalue weighted by atomic mass is 32.2. The van der Waals surface area contributed by atoms with E-state index in [0.717, 1.165) is 6.20 Å². The van der Waals surface area contributed by atoms with E-state index in [0.29, 0.717) is 6.54 Å². The maximum absolute atomic E-state index is 13.6. The van der Waals surface area contributed by atoms with Crippen molar-refractivity contribution in [1.29, 1.82) is 0 Å². The molecule has 11 heteroatoms. The third kappa shape index (κ3) is 2.76. The first-order valence-electron chi connectivity index (χ1n) is 6.18. The van der Waals surface area contributed by atoms with Gasteiger partial charge >= 0.3 is 0 Å². The first kappa shape index (κ1) is 17.2. The van der Waals surface area contributed by atoms with Crippen LogP contribution in [0.25, 0.3) is 0 Å². The maximum atomic E-state index is 13.6. The van der Waals surface area contributed by atoms with Crippen molar-refractivity contribution < 1.29 is 30.4 Å². The number of sulfonamides is 1. The zero-order valence-corrected chi connectivity index (χ0v) is 12.6. The van der Waals surface area contributed by atoms with Crippen molar-refractivity contribution in [3.8, 4) is 0 Å². The van der Waals surface area contributed by atoms with Gasteiger partial charge in [-0.1, -0.05) is 0 Å². The average molecular weight is 355 g/mol. The molecule has 23 heavy (non-hydrogen) atoms. The normalized spacial score (nSPS) is 11.8. The predicted molar refractivity (Wildman–Crippen MR) is 69.7 cm³/mol. The minimum absolute atomic E-state index is 0.142. The van der Waals surface area contributed by atoms with Crippen LogP contribution in [0, 0.1) is 36.0 Å². The summed E-state index contributed by atoms with van der Waals surface area (Å²) in [5.41, 5.74) is -1.51. The fourth-order valence-corrected chi connectivity index (χ4v) is 3.13. The maximum Gasteiger partial charge on any atom is 0.265 e.